The molecule has 0 heterocycles. The van der Waals surface area contributed by atoms with Crippen LogP contribution in [0.1, 0.15) is 60.3 Å². The third-order valence-corrected chi connectivity index (χ3v) is 3.45. The lowest BCUT2D eigenvalue weighted by Crippen LogP contribution is -2.44. The average Bonchev–Trinajstić information content (AvgIpc) is 2.21. The Bertz CT molecular complexity index is 161. The van der Waals surface area contributed by atoms with Gasteiger partial charge in [0.25, 0.3) is 0 Å². The van der Waals surface area contributed by atoms with E-state index in [-0.39, 0.29) is 11.5 Å². The molecule has 2 atom stereocenters. The lowest BCUT2D eigenvalue weighted by atomic mass is 9.87. The van der Waals surface area contributed by atoms with Gasteiger partial charge in [0, 0.05) is 12.6 Å². The van der Waals surface area contributed by atoms with E-state index in [0.29, 0.717) is 0 Å². The van der Waals surface area contributed by atoms with Crippen molar-refractivity contribution in [2.75, 3.05) is 13.1 Å². The molecular weight excluding hydrogens is 196 g/mol. The number of rotatable bonds is 8. The summed E-state index contributed by atoms with van der Waals surface area (Å²) in [6, 6.07) is 0.246. The topological polar surface area (TPSA) is 38.0 Å². The molecule has 0 fully saturated rings. The van der Waals surface area contributed by atoms with E-state index in [1.165, 1.54) is 25.7 Å². The predicted octanol–water partition coefficient (Wildman–Crippen LogP) is 3.17. The number of hydrogen-bond acceptors (Lipinski definition) is 2. The molecule has 0 radical (unpaired) electrons. The first-order valence-corrected chi connectivity index (χ1v) is 6.88. The minimum atomic E-state index is 0.206. The Morgan fingerprint density at radius 1 is 1.12 bits per heavy atom. The zero-order chi connectivity index (χ0) is 12.6. The van der Waals surface area contributed by atoms with E-state index in [9.17, 15) is 0 Å². The van der Waals surface area contributed by atoms with E-state index in [1.54, 1.807) is 0 Å². The van der Waals surface area contributed by atoms with Crippen molar-refractivity contribution in [3.05, 3.63) is 0 Å². The van der Waals surface area contributed by atoms with E-state index >= 15 is 0 Å². The molecular formula is C14H32N2. The molecule has 3 N–H and O–H groups in total. The van der Waals surface area contributed by atoms with Gasteiger partial charge in [-0.1, -0.05) is 53.9 Å². The average molecular weight is 228 g/mol. The normalized spacial score (nSPS) is 16.1. The molecule has 0 aromatic carbocycles. The highest BCUT2D eigenvalue weighted by Crippen LogP contribution is 2.17. The van der Waals surface area contributed by atoms with E-state index in [4.69, 9.17) is 5.73 Å². The van der Waals surface area contributed by atoms with Gasteiger partial charge in [0.05, 0.1) is 0 Å². The van der Waals surface area contributed by atoms with Crippen LogP contribution >= 0.6 is 0 Å². The second kappa shape index (κ2) is 8.08. The molecule has 0 aliphatic rings. The SMILES string of the molecule is CCCCC(CC)CNCC(N)C(C)(C)C. The van der Waals surface area contributed by atoms with Crippen LogP contribution in [0.5, 0.6) is 0 Å². The highest BCUT2D eigenvalue weighted by Gasteiger charge is 2.20. The zero-order valence-electron chi connectivity index (χ0n) is 12.0. The van der Waals surface area contributed by atoms with Crippen LogP contribution in [0.2, 0.25) is 0 Å². The maximum absolute atomic E-state index is 6.12. The fourth-order valence-electron chi connectivity index (χ4n) is 1.69. The van der Waals surface area contributed by atoms with Gasteiger partial charge < -0.3 is 11.1 Å². The monoisotopic (exact) mass is 228 g/mol. The van der Waals surface area contributed by atoms with Crippen molar-refractivity contribution < 1.29 is 0 Å². The second-order valence-corrected chi connectivity index (χ2v) is 6.05. The third-order valence-electron chi connectivity index (χ3n) is 3.45. The molecule has 2 heteroatoms. The van der Waals surface area contributed by atoms with Crippen LogP contribution < -0.4 is 11.1 Å². The smallest absolute Gasteiger partial charge is 0.0214 e. The largest absolute Gasteiger partial charge is 0.326 e. The molecule has 0 aliphatic heterocycles. The molecule has 0 rings (SSSR count). The van der Waals surface area contributed by atoms with Crippen molar-refractivity contribution in [1.29, 1.82) is 0 Å². The Labute approximate surface area is 102 Å². The summed E-state index contributed by atoms with van der Waals surface area (Å²) in [5.41, 5.74) is 6.32. The van der Waals surface area contributed by atoms with Gasteiger partial charge in [-0.25, -0.2) is 0 Å². The summed E-state index contributed by atoms with van der Waals surface area (Å²) in [5.74, 6) is 0.826. The first-order chi connectivity index (χ1) is 7.41. The Kier molecular flexibility index (Phi) is 8.04. The maximum atomic E-state index is 6.12. The second-order valence-electron chi connectivity index (χ2n) is 6.05. The molecule has 0 aromatic rings. The standard InChI is InChI=1S/C14H32N2/c1-6-8-9-12(7-2)10-16-11-13(15)14(3,4)5/h12-13,16H,6-11,15H2,1-5H3. The highest BCUT2D eigenvalue weighted by atomic mass is 14.9. The first kappa shape index (κ1) is 15.9. The Morgan fingerprint density at radius 2 is 1.75 bits per heavy atom. The summed E-state index contributed by atoms with van der Waals surface area (Å²) in [6.07, 6.45) is 5.28. The van der Waals surface area contributed by atoms with Crippen LogP contribution in [0.4, 0.5) is 0 Å². The molecule has 0 saturated carbocycles. The van der Waals surface area contributed by atoms with Crippen LogP contribution in [-0.4, -0.2) is 19.1 Å². The quantitative estimate of drug-likeness (QED) is 0.670. The molecule has 0 bridgehead atoms. The van der Waals surface area contributed by atoms with E-state index < -0.39 is 0 Å². The van der Waals surface area contributed by atoms with Gasteiger partial charge in [0.15, 0.2) is 0 Å². The van der Waals surface area contributed by atoms with Gasteiger partial charge in [-0.05, 0) is 24.3 Å². The Hall–Kier alpha value is -0.0800. The van der Waals surface area contributed by atoms with Gasteiger partial charge >= 0.3 is 0 Å². The van der Waals surface area contributed by atoms with Crippen molar-refractivity contribution in [2.45, 2.75) is 66.3 Å². The lowest BCUT2D eigenvalue weighted by molar-refractivity contribution is 0.300. The van der Waals surface area contributed by atoms with Gasteiger partial charge in [-0.15, -0.1) is 0 Å². The Morgan fingerprint density at radius 3 is 2.19 bits per heavy atom. The zero-order valence-corrected chi connectivity index (χ0v) is 12.0. The van der Waals surface area contributed by atoms with E-state index in [1.807, 2.05) is 0 Å². The van der Waals surface area contributed by atoms with Crippen LogP contribution in [0.15, 0.2) is 0 Å². The van der Waals surface area contributed by atoms with Crippen molar-refractivity contribution >= 4 is 0 Å². The summed E-state index contributed by atoms with van der Waals surface area (Å²) in [7, 11) is 0. The van der Waals surface area contributed by atoms with Crippen molar-refractivity contribution in [3.8, 4) is 0 Å². The molecule has 0 spiro atoms. The molecule has 16 heavy (non-hydrogen) atoms. The van der Waals surface area contributed by atoms with Crippen molar-refractivity contribution in [3.63, 3.8) is 0 Å². The van der Waals surface area contributed by atoms with E-state index in [2.05, 4.69) is 39.9 Å². The number of nitrogens with two attached hydrogens (primary N) is 1. The molecule has 2 unspecified atom stereocenters. The van der Waals surface area contributed by atoms with Crippen LogP contribution in [-0.2, 0) is 0 Å². The summed E-state index contributed by atoms with van der Waals surface area (Å²) in [4.78, 5) is 0. The fourth-order valence-corrected chi connectivity index (χ4v) is 1.69. The van der Waals surface area contributed by atoms with Crippen LogP contribution in [0.3, 0.4) is 0 Å². The number of unbranched alkanes of at least 4 members (excludes halogenated alkanes) is 1. The summed E-state index contributed by atoms with van der Waals surface area (Å²) in [5, 5.41) is 3.53. The van der Waals surface area contributed by atoms with Crippen molar-refractivity contribution in [1.82, 2.24) is 5.32 Å². The summed E-state index contributed by atoms with van der Waals surface area (Å²) < 4.78 is 0. The fraction of sp³-hybridized carbons (Fsp3) is 1.00. The van der Waals surface area contributed by atoms with Crippen molar-refractivity contribution in [2.24, 2.45) is 17.1 Å². The highest BCUT2D eigenvalue weighted by molar-refractivity contribution is 4.79. The van der Waals surface area contributed by atoms with Crippen LogP contribution in [0, 0.1) is 11.3 Å². The summed E-state index contributed by atoms with van der Waals surface area (Å²) >= 11 is 0. The lowest BCUT2D eigenvalue weighted by Gasteiger charge is -2.28. The Balaban J connectivity index is 3.69. The minimum Gasteiger partial charge on any atom is -0.326 e. The molecule has 0 aromatic heterocycles. The molecule has 0 aliphatic carbocycles. The number of hydrogen-bond donors (Lipinski definition) is 2. The molecule has 98 valence electrons. The number of nitrogens with one attached hydrogen (secondary N) is 1. The molecule has 0 saturated heterocycles. The van der Waals surface area contributed by atoms with E-state index in [0.717, 1.165) is 19.0 Å². The molecule has 2 nitrogen and oxygen atoms in total. The van der Waals surface area contributed by atoms with Gasteiger partial charge in [-0.3, -0.25) is 0 Å². The molecule has 0 amide bonds. The minimum absolute atomic E-state index is 0.206. The third kappa shape index (κ3) is 7.24. The van der Waals surface area contributed by atoms with Crippen LogP contribution in [0.25, 0.3) is 0 Å². The summed E-state index contributed by atoms with van der Waals surface area (Å²) in [6.45, 7) is 13.2. The van der Waals surface area contributed by atoms with Gasteiger partial charge in [0.2, 0.25) is 0 Å². The maximum Gasteiger partial charge on any atom is 0.0214 e. The first-order valence-electron chi connectivity index (χ1n) is 6.88. The predicted molar refractivity (Wildman–Crippen MR) is 73.6 cm³/mol. The van der Waals surface area contributed by atoms with Gasteiger partial charge in [-0.2, -0.15) is 0 Å². The van der Waals surface area contributed by atoms with Gasteiger partial charge in [0.1, 0.15) is 0 Å².